The molecule has 1 N–H and O–H groups in total. The molecule has 0 saturated heterocycles. The van der Waals surface area contributed by atoms with E-state index in [2.05, 4.69) is 45.9 Å². The number of nitrogens with one attached hydrogen (secondary N) is 1. The molecule has 1 aliphatic carbocycles. The van der Waals surface area contributed by atoms with Crippen molar-refractivity contribution in [2.24, 2.45) is 0 Å². The fourth-order valence-corrected chi connectivity index (χ4v) is 2.82. The van der Waals surface area contributed by atoms with Crippen LogP contribution < -0.4 is 5.32 Å². The summed E-state index contributed by atoms with van der Waals surface area (Å²) in [6.45, 7) is 3.12. The van der Waals surface area contributed by atoms with Crippen molar-refractivity contribution in [1.82, 2.24) is 9.36 Å². The Morgan fingerprint density at radius 2 is 2.29 bits per heavy atom. The first kappa shape index (κ1) is 10.7. The number of nitrogens with zero attached hydrogens (tertiary/aromatic N) is 2. The highest BCUT2D eigenvalue weighted by molar-refractivity contribution is 7.09. The first-order chi connectivity index (χ1) is 8.38. The number of anilines is 1. The monoisotopic (exact) mass is 245 g/mol. The molecule has 0 amide bonds. The quantitative estimate of drug-likeness (QED) is 0.899. The Kier molecular flexibility index (Phi) is 2.81. The molecule has 1 heterocycles. The largest absolute Gasteiger partial charge is 0.360 e. The molecular formula is C13H15N3S. The number of benzene rings is 1. The van der Waals surface area contributed by atoms with E-state index in [-0.39, 0.29) is 0 Å². The van der Waals surface area contributed by atoms with Gasteiger partial charge in [-0.25, -0.2) is 4.98 Å². The van der Waals surface area contributed by atoms with Crippen LogP contribution in [0.3, 0.4) is 0 Å². The average molecular weight is 245 g/mol. The molecule has 17 heavy (non-hydrogen) atoms. The number of aromatic nitrogens is 2. The number of fused-ring (bicyclic) bond motifs is 1. The lowest BCUT2D eigenvalue weighted by atomic mass is 9.77. The van der Waals surface area contributed by atoms with Gasteiger partial charge in [0.1, 0.15) is 0 Å². The Hall–Kier alpha value is -1.42. The zero-order valence-corrected chi connectivity index (χ0v) is 10.6. The smallest absolute Gasteiger partial charge is 0.202 e. The maximum atomic E-state index is 4.56. The fraction of sp³-hybridized carbons (Fsp3) is 0.385. The van der Waals surface area contributed by atoms with E-state index in [1.54, 1.807) is 0 Å². The van der Waals surface area contributed by atoms with E-state index < -0.39 is 0 Å². The maximum Gasteiger partial charge on any atom is 0.202 e. The summed E-state index contributed by atoms with van der Waals surface area (Å²) in [5.74, 6) is 1.40. The van der Waals surface area contributed by atoms with Crippen molar-refractivity contribution in [2.45, 2.75) is 25.7 Å². The van der Waals surface area contributed by atoms with Gasteiger partial charge in [0.2, 0.25) is 5.13 Å². The minimum absolute atomic E-state index is 0.416. The molecule has 3 nitrogen and oxygen atoms in total. The van der Waals surface area contributed by atoms with Crippen LogP contribution in [0.1, 0.15) is 36.2 Å². The highest BCUT2D eigenvalue weighted by Crippen LogP contribution is 2.39. The van der Waals surface area contributed by atoms with Crippen molar-refractivity contribution in [3.05, 3.63) is 41.2 Å². The third kappa shape index (κ3) is 1.93. The first-order valence-corrected chi connectivity index (χ1v) is 6.81. The Bertz CT molecular complexity index is 521. The molecule has 1 aliphatic rings. The normalized spacial score (nSPS) is 17.4. The summed E-state index contributed by atoms with van der Waals surface area (Å²) in [5.41, 5.74) is 2.84. The average Bonchev–Trinajstić information content (AvgIpc) is 2.76. The summed E-state index contributed by atoms with van der Waals surface area (Å²) in [4.78, 5) is 4.56. The predicted octanol–water partition coefficient (Wildman–Crippen LogP) is 3.05. The Balaban J connectivity index is 1.76. The van der Waals surface area contributed by atoms with Gasteiger partial charge in [-0.05, 0) is 24.0 Å². The number of hydrogen-bond donors (Lipinski definition) is 1. The van der Waals surface area contributed by atoms with Gasteiger partial charge in [-0.3, -0.25) is 0 Å². The van der Waals surface area contributed by atoms with Crippen LogP contribution in [0.25, 0.3) is 0 Å². The van der Waals surface area contributed by atoms with Crippen molar-refractivity contribution in [3.63, 3.8) is 0 Å². The third-order valence-electron chi connectivity index (χ3n) is 3.13. The minimum atomic E-state index is 0.416. The molecule has 4 heteroatoms. The van der Waals surface area contributed by atoms with Gasteiger partial charge in [0.15, 0.2) is 5.82 Å². The summed E-state index contributed by atoms with van der Waals surface area (Å²) in [7, 11) is 0. The zero-order valence-electron chi connectivity index (χ0n) is 9.81. The lowest BCUT2D eigenvalue weighted by Crippen LogP contribution is -2.19. The van der Waals surface area contributed by atoms with Crippen molar-refractivity contribution in [1.29, 1.82) is 0 Å². The van der Waals surface area contributed by atoms with Crippen molar-refractivity contribution >= 4 is 16.7 Å². The van der Waals surface area contributed by atoms with Gasteiger partial charge in [-0.15, -0.1) is 0 Å². The second kappa shape index (κ2) is 4.45. The molecule has 0 radical (unpaired) electrons. The minimum Gasteiger partial charge on any atom is -0.360 e. The molecule has 0 bridgehead atoms. The summed E-state index contributed by atoms with van der Waals surface area (Å²) < 4.78 is 4.46. The Labute approximate surface area is 105 Å². The van der Waals surface area contributed by atoms with Crippen molar-refractivity contribution < 1.29 is 0 Å². The molecule has 3 rings (SSSR count). The lowest BCUT2D eigenvalue weighted by molar-refractivity contribution is 0.672. The van der Waals surface area contributed by atoms with Crippen LogP contribution in [0.5, 0.6) is 0 Å². The van der Waals surface area contributed by atoms with E-state index in [0.29, 0.717) is 5.92 Å². The molecule has 1 aromatic carbocycles. The third-order valence-corrected chi connectivity index (χ3v) is 3.82. The molecule has 88 valence electrons. The van der Waals surface area contributed by atoms with Gasteiger partial charge in [0, 0.05) is 24.0 Å². The molecule has 0 aliphatic heterocycles. The molecule has 0 spiro atoms. The van der Waals surface area contributed by atoms with E-state index in [4.69, 9.17) is 0 Å². The van der Waals surface area contributed by atoms with Gasteiger partial charge in [0.05, 0.1) is 0 Å². The highest BCUT2D eigenvalue weighted by atomic mass is 32.1. The van der Waals surface area contributed by atoms with Crippen LogP contribution >= 0.6 is 11.5 Å². The molecule has 1 unspecified atom stereocenters. The van der Waals surface area contributed by atoms with Crippen LogP contribution in [0.2, 0.25) is 0 Å². The lowest BCUT2D eigenvalue weighted by Gasteiger charge is -2.27. The molecule has 1 atom stereocenters. The molecule has 0 saturated carbocycles. The Morgan fingerprint density at radius 1 is 1.41 bits per heavy atom. The number of hydrogen-bond acceptors (Lipinski definition) is 4. The maximum absolute atomic E-state index is 4.56. The van der Waals surface area contributed by atoms with E-state index in [1.165, 1.54) is 22.7 Å². The zero-order chi connectivity index (χ0) is 11.7. The standard InChI is InChI=1S/C13H15N3S/c1-2-7-14-13-15-12(16-17-13)11-8-9-5-3-4-6-10(9)11/h3-6,11H,2,7-8H2,1H3,(H,14,15,16). The first-order valence-electron chi connectivity index (χ1n) is 6.03. The van der Waals surface area contributed by atoms with Crippen LogP contribution in [0, 0.1) is 0 Å². The van der Waals surface area contributed by atoms with Gasteiger partial charge >= 0.3 is 0 Å². The van der Waals surface area contributed by atoms with E-state index in [9.17, 15) is 0 Å². The Morgan fingerprint density at radius 3 is 3.12 bits per heavy atom. The van der Waals surface area contributed by atoms with E-state index >= 15 is 0 Å². The van der Waals surface area contributed by atoms with Crippen LogP contribution in [-0.2, 0) is 6.42 Å². The SMILES string of the molecule is CCCNc1nc(C2Cc3ccccc32)ns1. The van der Waals surface area contributed by atoms with Gasteiger partial charge in [0.25, 0.3) is 0 Å². The molecule has 1 aromatic heterocycles. The van der Waals surface area contributed by atoms with Crippen LogP contribution in [0.4, 0.5) is 5.13 Å². The van der Waals surface area contributed by atoms with Gasteiger partial charge < -0.3 is 5.32 Å². The van der Waals surface area contributed by atoms with E-state index in [1.807, 2.05) is 0 Å². The second-order valence-corrected chi connectivity index (χ2v) is 5.09. The van der Waals surface area contributed by atoms with Crippen LogP contribution in [0.15, 0.2) is 24.3 Å². The highest BCUT2D eigenvalue weighted by Gasteiger charge is 2.30. The molecular weight excluding hydrogens is 230 g/mol. The van der Waals surface area contributed by atoms with Gasteiger partial charge in [-0.2, -0.15) is 4.37 Å². The molecule has 0 fully saturated rings. The second-order valence-electron chi connectivity index (χ2n) is 4.34. The van der Waals surface area contributed by atoms with Crippen molar-refractivity contribution in [3.8, 4) is 0 Å². The van der Waals surface area contributed by atoms with Gasteiger partial charge in [-0.1, -0.05) is 31.2 Å². The summed E-state index contributed by atoms with van der Waals surface area (Å²) >= 11 is 1.47. The fourth-order valence-electron chi connectivity index (χ4n) is 2.17. The molecule has 2 aromatic rings. The summed E-state index contributed by atoms with van der Waals surface area (Å²) in [6, 6.07) is 8.56. The predicted molar refractivity (Wildman–Crippen MR) is 70.7 cm³/mol. The van der Waals surface area contributed by atoms with Crippen LogP contribution in [-0.4, -0.2) is 15.9 Å². The summed E-state index contributed by atoms with van der Waals surface area (Å²) in [5, 5.41) is 4.24. The topological polar surface area (TPSA) is 37.8 Å². The number of rotatable bonds is 4. The van der Waals surface area contributed by atoms with Crippen molar-refractivity contribution in [2.75, 3.05) is 11.9 Å². The van der Waals surface area contributed by atoms with E-state index in [0.717, 1.165) is 30.3 Å². The summed E-state index contributed by atoms with van der Waals surface area (Å²) in [6.07, 6.45) is 2.20.